The molecule has 1 saturated heterocycles. The van der Waals surface area contributed by atoms with Gasteiger partial charge in [-0.15, -0.1) is 0 Å². The van der Waals surface area contributed by atoms with E-state index in [1.807, 2.05) is 12.1 Å². The summed E-state index contributed by atoms with van der Waals surface area (Å²) in [5, 5.41) is 10.2. The highest BCUT2D eigenvalue weighted by Crippen LogP contribution is 2.41. The standard InChI is InChI=1S/C18H22FNO3/c1-2-17(22)20(15-11-23-9-8-16(15)21)10-13-4-3-5-14(18(13)19)12-6-7-12/h2-5,12,15-16,21H,1,6-11H2/t15-,16-/m1/s1. The largest absolute Gasteiger partial charge is 0.391 e. The molecule has 1 amide bonds. The first-order valence-corrected chi connectivity index (χ1v) is 8.08. The van der Waals surface area contributed by atoms with Gasteiger partial charge in [0, 0.05) is 18.7 Å². The summed E-state index contributed by atoms with van der Waals surface area (Å²) >= 11 is 0. The Bertz CT molecular complexity index is 600. The molecule has 4 nitrogen and oxygen atoms in total. The number of hydrogen-bond donors (Lipinski definition) is 1. The van der Waals surface area contributed by atoms with Gasteiger partial charge >= 0.3 is 0 Å². The molecule has 0 radical (unpaired) electrons. The highest BCUT2D eigenvalue weighted by Gasteiger charge is 2.33. The molecular weight excluding hydrogens is 297 g/mol. The van der Waals surface area contributed by atoms with Crippen molar-refractivity contribution in [3.63, 3.8) is 0 Å². The normalized spacial score (nSPS) is 24.3. The van der Waals surface area contributed by atoms with Crippen LogP contribution in [-0.2, 0) is 16.1 Å². The Kier molecular flexibility index (Phi) is 4.78. The number of ether oxygens (including phenoxy) is 1. The lowest BCUT2D eigenvalue weighted by Crippen LogP contribution is -2.51. The summed E-state index contributed by atoms with van der Waals surface area (Å²) in [4.78, 5) is 13.7. The molecule has 1 heterocycles. The van der Waals surface area contributed by atoms with Gasteiger partial charge in [-0.05, 0) is 36.8 Å². The summed E-state index contributed by atoms with van der Waals surface area (Å²) < 4.78 is 20.1. The molecule has 1 aromatic rings. The molecule has 0 bridgehead atoms. The summed E-state index contributed by atoms with van der Waals surface area (Å²) in [6.07, 6.45) is 3.04. The summed E-state index contributed by atoms with van der Waals surface area (Å²) in [6.45, 7) is 4.35. The summed E-state index contributed by atoms with van der Waals surface area (Å²) in [6, 6.07) is 4.87. The van der Waals surface area contributed by atoms with E-state index in [-0.39, 0.29) is 24.9 Å². The number of halogens is 1. The molecule has 5 heteroatoms. The lowest BCUT2D eigenvalue weighted by atomic mass is 10.0. The van der Waals surface area contributed by atoms with Crippen molar-refractivity contribution in [2.45, 2.75) is 43.9 Å². The fourth-order valence-electron chi connectivity index (χ4n) is 3.10. The number of carbonyl (C=O) groups is 1. The van der Waals surface area contributed by atoms with E-state index >= 15 is 0 Å². The van der Waals surface area contributed by atoms with Crippen LogP contribution in [0.3, 0.4) is 0 Å². The average Bonchev–Trinajstić information content (AvgIpc) is 3.39. The van der Waals surface area contributed by atoms with Gasteiger partial charge in [0.05, 0.1) is 18.8 Å². The van der Waals surface area contributed by atoms with Crippen molar-refractivity contribution in [3.8, 4) is 0 Å². The van der Waals surface area contributed by atoms with Crippen molar-refractivity contribution in [1.82, 2.24) is 4.90 Å². The maximum absolute atomic E-state index is 14.7. The van der Waals surface area contributed by atoms with Crippen molar-refractivity contribution >= 4 is 5.91 Å². The molecule has 1 aliphatic heterocycles. The molecule has 2 atom stereocenters. The Morgan fingerprint density at radius 1 is 1.43 bits per heavy atom. The number of carbonyl (C=O) groups excluding carboxylic acids is 1. The second-order valence-corrected chi connectivity index (χ2v) is 6.26. The molecular formula is C18H22FNO3. The quantitative estimate of drug-likeness (QED) is 0.848. The average molecular weight is 319 g/mol. The molecule has 0 unspecified atom stereocenters. The maximum atomic E-state index is 14.7. The maximum Gasteiger partial charge on any atom is 0.246 e. The van der Waals surface area contributed by atoms with Crippen LogP contribution in [0, 0.1) is 5.82 Å². The second kappa shape index (κ2) is 6.81. The van der Waals surface area contributed by atoms with Crippen LogP contribution in [0.25, 0.3) is 0 Å². The fourth-order valence-corrected chi connectivity index (χ4v) is 3.10. The molecule has 1 N–H and O–H groups in total. The first-order chi connectivity index (χ1) is 11.1. The van der Waals surface area contributed by atoms with Crippen LogP contribution < -0.4 is 0 Å². The number of amides is 1. The van der Waals surface area contributed by atoms with Crippen LogP contribution in [0.2, 0.25) is 0 Å². The lowest BCUT2D eigenvalue weighted by molar-refractivity contribution is -0.138. The third-order valence-electron chi connectivity index (χ3n) is 4.62. The van der Waals surface area contributed by atoms with E-state index in [4.69, 9.17) is 4.74 Å². The third-order valence-corrected chi connectivity index (χ3v) is 4.62. The topological polar surface area (TPSA) is 49.8 Å². The Balaban J connectivity index is 1.85. The van der Waals surface area contributed by atoms with Gasteiger partial charge in [0.2, 0.25) is 5.91 Å². The summed E-state index contributed by atoms with van der Waals surface area (Å²) in [5.41, 5.74) is 1.20. The van der Waals surface area contributed by atoms with Crippen molar-refractivity contribution in [2.24, 2.45) is 0 Å². The van der Waals surface area contributed by atoms with Gasteiger partial charge in [0.1, 0.15) is 5.82 Å². The van der Waals surface area contributed by atoms with Crippen molar-refractivity contribution < 1.29 is 19.0 Å². The molecule has 23 heavy (non-hydrogen) atoms. The Labute approximate surface area is 135 Å². The predicted octanol–water partition coefficient (Wildman–Crippen LogP) is 2.37. The molecule has 2 aliphatic rings. The van der Waals surface area contributed by atoms with E-state index in [0.29, 0.717) is 24.5 Å². The highest BCUT2D eigenvalue weighted by molar-refractivity contribution is 5.87. The van der Waals surface area contributed by atoms with Crippen LogP contribution in [0.5, 0.6) is 0 Å². The van der Waals surface area contributed by atoms with Gasteiger partial charge in [-0.3, -0.25) is 4.79 Å². The molecule has 2 fully saturated rings. The Morgan fingerprint density at radius 3 is 2.87 bits per heavy atom. The zero-order valence-corrected chi connectivity index (χ0v) is 13.1. The molecule has 0 aromatic heterocycles. The van der Waals surface area contributed by atoms with E-state index < -0.39 is 12.1 Å². The van der Waals surface area contributed by atoms with Crippen molar-refractivity contribution in [3.05, 3.63) is 47.8 Å². The van der Waals surface area contributed by atoms with Crippen molar-refractivity contribution in [2.75, 3.05) is 13.2 Å². The highest BCUT2D eigenvalue weighted by atomic mass is 19.1. The van der Waals surface area contributed by atoms with Crippen molar-refractivity contribution in [1.29, 1.82) is 0 Å². The minimum absolute atomic E-state index is 0.113. The number of rotatable bonds is 5. The fraction of sp³-hybridized carbons (Fsp3) is 0.500. The van der Waals surface area contributed by atoms with Gasteiger partial charge in [0.25, 0.3) is 0 Å². The minimum Gasteiger partial charge on any atom is -0.391 e. The van der Waals surface area contributed by atoms with E-state index in [0.717, 1.165) is 18.4 Å². The Morgan fingerprint density at radius 2 is 2.22 bits per heavy atom. The molecule has 1 saturated carbocycles. The van der Waals surface area contributed by atoms with Crippen LogP contribution in [-0.4, -0.2) is 41.3 Å². The monoisotopic (exact) mass is 319 g/mol. The number of hydrogen-bond acceptors (Lipinski definition) is 3. The first kappa shape index (κ1) is 16.1. The van der Waals surface area contributed by atoms with Gasteiger partial charge in [-0.25, -0.2) is 4.39 Å². The van der Waals surface area contributed by atoms with E-state index in [1.165, 1.54) is 11.0 Å². The van der Waals surface area contributed by atoms with Crippen LogP contribution in [0.4, 0.5) is 4.39 Å². The molecule has 1 aliphatic carbocycles. The predicted molar refractivity (Wildman–Crippen MR) is 84.4 cm³/mol. The van der Waals surface area contributed by atoms with Gasteiger partial charge in [0.15, 0.2) is 0 Å². The zero-order valence-electron chi connectivity index (χ0n) is 13.1. The second-order valence-electron chi connectivity index (χ2n) is 6.26. The molecule has 1 aromatic carbocycles. The van der Waals surface area contributed by atoms with Crippen LogP contribution in [0.1, 0.15) is 36.3 Å². The SMILES string of the molecule is C=CC(=O)N(Cc1cccc(C2CC2)c1F)[C@@H]1COCC[C@H]1O. The van der Waals surface area contributed by atoms with E-state index in [2.05, 4.69) is 6.58 Å². The smallest absolute Gasteiger partial charge is 0.246 e. The van der Waals surface area contributed by atoms with E-state index in [1.54, 1.807) is 6.07 Å². The summed E-state index contributed by atoms with van der Waals surface area (Å²) in [5.74, 6) is -0.249. The van der Waals surface area contributed by atoms with Gasteiger partial charge in [-0.1, -0.05) is 24.8 Å². The number of nitrogens with zero attached hydrogens (tertiary/aromatic N) is 1. The van der Waals surface area contributed by atoms with Gasteiger partial charge < -0.3 is 14.7 Å². The van der Waals surface area contributed by atoms with Gasteiger partial charge in [-0.2, -0.15) is 0 Å². The lowest BCUT2D eigenvalue weighted by Gasteiger charge is -2.37. The molecule has 0 spiro atoms. The van der Waals surface area contributed by atoms with Crippen LogP contribution >= 0.6 is 0 Å². The number of aliphatic hydroxyl groups excluding tert-OH is 1. The summed E-state index contributed by atoms with van der Waals surface area (Å²) in [7, 11) is 0. The third kappa shape index (κ3) is 3.46. The zero-order chi connectivity index (χ0) is 16.4. The van der Waals surface area contributed by atoms with E-state index in [9.17, 15) is 14.3 Å². The van der Waals surface area contributed by atoms with Crippen LogP contribution in [0.15, 0.2) is 30.9 Å². The molecule has 124 valence electrons. The number of benzene rings is 1. The minimum atomic E-state index is -0.665. The Hall–Kier alpha value is -1.72. The number of aliphatic hydroxyl groups is 1. The molecule has 3 rings (SSSR count). The first-order valence-electron chi connectivity index (χ1n) is 8.08.